The maximum Gasteiger partial charge on any atom is 0.320 e. The average molecular weight is 295 g/mol. The fourth-order valence-electron chi connectivity index (χ4n) is 2.90. The third kappa shape index (κ3) is 2.37. The Morgan fingerprint density at radius 2 is 2.19 bits per heavy atom. The number of H-pyrrole nitrogens is 1. The van der Waals surface area contributed by atoms with Crippen molar-refractivity contribution in [1.82, 2.24) is 14.9 Å². The molecule has 2 aromatic rings. The molecule has 2 atom stereocenters. The van der Waals surface area contributed by atoms with Crippen molar-refractivity contribution >= 4 is 17.0 Å². The zero-order valence-electron chi connectivity index (χ0n) is 11.4. The first-order valence-electron chi connectivity index (χ1n) is 6.80. The number of hydrogen-bond donors (Lipinski definition) is 2. The summed E-state index contributed by atoms with van der Waals surface area (Å²) in [5.41, 5.74) is 0.739. The summed E-state index contributed by atoms with van der Waals surface area (Å²) >= 11 is 0. The second-order valence-corrected chi connectivity index (χ2v) is 5.32. The van der Waals surface area contributed by atoms with Gasteiger partial charge in [0.15, 0.2) is 11.6 Å². The van der Waals surface area contributed by atoms with Crippen molar-refractivity contribution in [2.24, 2.45) is 0 Å². The molecule has 1 aliphatic heterocycles. The smallest absolute Gasteiger partial charge is 0.320 e. The lowest BCUT2D eigenvalue weighted by Gasteiger charge is -2.26. The van der Waals surface area contributed by atoms with Crippen LogP contribution in [0.4, 0.5) is 8.78 Å². The topological polar surface area (TPSA) is 69.2 Å². The minimum absolute atomic E-state index is 0.257. The van der Waals surface area contributed by atoms with Gasteiger partial charge in [-0.1, -0.05) is 0 Å². The van der Waals surface area contributed by atoms with Crippen LogP contribution in [0.15, 0.2) is 12.1 Å². The third-order valence-electron chi connectivity index (χ3n) is 4.01. The number of aromatic nitrogens is 2. The van der Waals surface area contributed by atoms with Gasteiger partial charge in [0, 0.05) is 12.1 Å². The van der Waals surface area contributed by atoms with Gasteiger partial charge in [0.2, 0.25) is 0 Å². The zero-order valence-corrected chi connectivity index (χ0v) is 11.4. The van der Waals surface area contributed by atoms with E-state index < -0.39 is 23.6 Å². The monoisotopic (exact) mass is 295 g/mol. The van der Waals surface area contributed by atoms with Crippen molar-refractivity contribution in [2.45, 2.75) is 31.8 Å². The fraction of sp³-hybridized carbons (Fsp3) is 0.429. The average Bonchev–Trinajstić information content (AvgIpc) is 3.04. The first kappa shape index (κ1) is 13.9. The molecule has 0 aliphatic carbocycles. The summed E-state index contributed by atoms with van der Waals surface area (Å²) in [4.78, 5) is 20.3. The quantitative estimate of drug-likeness (QED) is 0.912. The SMILES string of the molecule is CC(c1nc2cc(F)c(F)cc2[nH]1)N1CCCC1C(=O)O. The molecule has 2 unspecified atom stereocenters. The summed E-state index contributed by atoms with van der Waals surface area (Å²) < 4.78 is 26.4. The Balaban J connectivity index is 1.94. The Morgan fingerprint density at radius 3 is 2.90 bits per heavy atom. The number of imidazole rings is 1. The highest BCUT2D eigenvalue weighted by atomic mass is 19.2. The number of nitrogens with zero attached hydrogens (tertiary/aromatic N) is 2. The van der Waals surface area contributed by atoms with E-state index in [1.165, 1.54) is 0 Å². The molecule has 2 heterocycles. The fourth-order valence-corrected chi connectivity index (χ4v) is 2.90. The Labute approximate surface area is 119 Å². The number of likely N-dealkylation sites (tertiary alicyclic amines) is 1. The molecule has 3 rings (SSSR count). The lowest BCUT2D eigenvalue weighted by atomic mass is 10.2. The van der Waals surface area contributed by atoms with Gasteiger partial charge in [0.25, 0.3) is 0 Å². The number of carboxylic acids is 1. The number of fused-ring (bicyclic) bond motifs is 1. The van der Waals surface area contributed by atoms with Crippen LogP contribution in [0.5, 0.6) is 0 Å². The van der Waals surface area contributed by atoms with E-state index in [-0.39, 0.29) is 6.04 Å². The van der Waals surface area contributed by atoms with Gasteiger partial charge in [-0.15, -0.1) is 0 Å². The van der Waals surface area contributed by atoms with Crippen LogP contribution in [0.25, 0.3) is 11.0 Å². The lowest BCUT2D eigenvalue weighted by molar-refractivity contribution is -0.142. The number of nitrogens with one attached hydrogen (secondary N) is 1. The Morgan fingerprint density at radius 1 is 1.48 bits per heavy atom. The second kappa shape index (κ2) is 5.07. The van der Waals surface area contributed by atoms with E-state index in [1.54, 1.807) is 0 Å². The van der Waals surface area contributed by atoms with E-state index in [9.17, 15) is 18.7 Å². The summed E-state index contributed by atoms with van der Waals surface area (Å²) in [6.45, 7) is 2.50. The van der Waals surface area contributed by atoms with Gasteiger partial charge in [-0.3, -0.25) is 9.69 Å². The minimum Gasteiger partial charge on any atom is -0.480 e. The van der Waals surface area contributed by atoms with Crippen LogP contribution >= 0.6 is 0 Å². The molecule has 112 valence electrons. The molecule has 0 bridgehead atoms. The minimum atomic E-state index is -0.946. The highest BCUT2D eigenvalue weighted by molar-refractivity contribution is 5.75. The number of carbonyl (C=O) groups is 1. The Kier molecular flexibility index (Phi) is 3.36. The van der Waals surface area contributed by atoms with Crippen molar-refractivity contribution in [2.75, 3.05) is 6.54 Å². The Hall–Kier alpha value is -2.02. The highest BCUT2D eigenvalue weighted by Crippen LogP contribution is 2.29. The predicted molar refractivity (Wildman–Crippen MR) is 71.8 cm³/mol. The molecule has 0 amide bonds. The van der Waals surface area contributed by atoms with Crippen LogP contribution < -0.4 is 0 Å². The van der Waals surface area contributed by atoms with Crippen LogP contribution in [0, 0.1) is 11.6 Å². The molecule has 0 saturated carbocycles. The van der Waals surface area contributed by atoms with Gasteiger partial charge in [0.1, 0.15) is 11.9 Å². The third-order valence-corrected chi connectivity index (χ3v) is 4.01. The van der Waals surface area contributed by atoms with Gasteiger partial charge in [-0.05, 0) is 26.3 Å². The summed E-state index contributed by atoms with van der Waals surface area (Å²) in [6, 6.07) is 1.30. The van der Waals surface area contributed by atoms with Gasteiger partial charge in [-0.2, -0.15) is 0 Å². The first-order valence-corrected chi connectivity index (χ1v) is 6.80. The van der Waals surface area contributed by atoms with E-state index in [4.69, 9.17) is 0 Å². The van der Waals surface area contributed by atoms with Crippen LogP contribution in [-0.2, 0) is 4.79 Å². The second-order valence-electron chi connectivity index (χ2n) is 5.32. The van der Waals surface area contributed by atoms with Crippen molar-refractivity contribution < 1.29 is 18.7 Å². The number of rotatable bonds is 3. The number of aliphatic carboxylic acids is 1. The van der Waals surface area contributed by atoms with Gasteiger partial charge in [0.05, 0.1) is 17.1 Å². The van der Waals surface area contributed by atoms with E-state index >= 15 is 0 Å². The van der Waals surface area contributed by atoms with Crippen molar-refractivity contribution in [1.29, 1.82) is 0 Å². The summed E-state index contributed by atoms with van der Waals surface area (Å²) in [6.07, 6.45) is 1.41. The molecule has 7 heteroatoms. The first-order chi connectivity index (χ1) is 9.97. The van der Waals surface area contributed by atoms with Crippen molar-refractivity contribution in [3.63, 3.8) is 0 Å². The van der Waals surface area contributed by atoms with E-state index in [0.29, 0.717) is 29.8 Å². The molecule has 0 spiro atoms. The molecule has 1 aromatic heterocycles. The normalized spacial score (nSPS) is 21.0. The molecule has 1 fully saturated rings. The van der Waals surface area contributed by atoms with Gasteiger partial charge < -0.3 is 10.1 Å². The zero-order chi connectivity index (χ0) is 15.1. The van der Waals surface area contributed by atoms with E-state index in [2.05, 4.69) is 9.97 Å². The van der Waals surface area contributed by atoms with E-state index in [1.807, 2.05) is 11.8 Å². The summed E-state index contributed by atoms with van der Waals surface area (Å²) in [7, 11) is 0. The molecule has 1 aromatic carbocycles. The van der Waals surface area contributed by atoms with Crippen LogP contribution in [0.1, 0.15) is 31.6 Å². The molecule has 1 aliphatic rings. The molecule has 0 radical (unpaired) electrons. The predicted octanol–water partition coefficient (Wildman–Crippen LogP) is 2.45. The number of hydrogen-bond acceptors (Lipinski definition) is 3. The number of aromatic amines is 1. The molecular weight excluding hydrogens is 280 g/mol. The maximum absolute atomic E-state index is 13.2. The number of benzene rings is 1. The standard InChI is InChI=1S/C14H15F2N3O2/c1-7(19-4-2-3-12(19)14(20)21)13-17-10-5-8(15)9(16)6-11(10)18-13/h5-7,12H,2-4H2,1H3,(H,17,18)(H,20,21). The van der Waals surface area contributed by atoms with Crippen LogP contribution in [0.3, 0.4) is 0 Å². The number of carboxylic acid groups (broad SMARTS) is 1. The summed E-state index contributed by atoms with van der Waals surface area (Å²) in [5, 5.41) is 9.22. The largest absolute Gasteiger partial charge is 0.480 e. The molecule has 5 nitrogen and oxygen atoms in total. The highest BCUT2D eigenvalue weighted by Gasteiger charge is 2.35. The van der Waals surface area contributed by atoms with Gasteiger partial charge in [-0.25, -0.2) is 13.8 Å². The molecule has 21 heavy (non-hydrogen) atoms. The van der Waals surface area contributed by atoms with Gasteiger partial charge >= 0.3 is 5.97 Å². The number of halogens is 2. The van der Waals surface area contributed by atoms with Crippen molar-refractivity contribution in [3.05, 3.63) is 29.6 Å². The lowest BCUT2D eigenvalue weighted by Crippen LogP contribution is -2.38. The van der Waals surface area contributed by atoms with Crippen LogP contribution in [-0.4, -0.2) is 38.5 Å². The van der Waals surface area contributed by atoms with Crippen molar-refractivity contribution in [3.8, 4) is 0 Å². The maximum atomic E-state index is 13.2. The molecule has 1 saturated heterocycles. The molecular formula is C14H15F2N3O2. The van der Waals surface area contributed by atoms with E-state index in [0.717, 1.165) is 18.6 Å². The Bertz CT molecular complexity index is 662. The summed E-state index contributed by atoms with van der Waals surface area (Å²) in [5.74, 6) is -2.22. The van der Waals surface area contributed by atoms with Crippen LogP contribution in [0.2, 0.25) is 0 Å². The molecule has 2 N–H and O–H groups in total.